The van der Waals surface area contributed by atoms with Crippen LogP contribution in [-0.2, 0) is 0 Å². The normalized spacial score (nSPS) is 12.7. The van der Waals surface area contributed by atoms with E-state index < -0.39 is 0 Å². The zero-order chi connectivity index (χ0) is 19.8. The van der Waals surface area contributed by atoms with Crippen molar-refractivity contribution in [2.75, 3.05) is 16.8 Å². The van der Waals surface area contributed by atoms with Crippen LogP contribution in [-0.4, -0.2) is 18.4 Å². The molecule has 0 saturated heterocycles. The SMILES string of the molecule is CCCCN1C(=O)c2cccc3c(NC(=O)c4ccc(Cl)cc4Cl)ccc1c23. The standard InChI is InChI=1S/C22H18Cl2N2O2/c1-2-3-11-26-19-10-9-18(15-5-4-6-16(20(15)19)22(26)28)25-21(27)14-8-7-13(23)12-17(14)24/h4-10,12H,2-3,11H2,1H3,(H,25,27). The topological polar surface area (TPSA) is 49.4 Å². The van der Waals surface area contributed by atoms with Gasteiger partial charge >= 0.3 is 0 Å². The predicted octanol–water partition coefficient (Wildman–Crippen LogP) is 6.16. The van der Waals surface area contributed by atoms with Gasteiger partial charge in [0.25, 0.3) is 11.8 Å². The van der Waals surface area contributed by atoms with Gasteiger partial charge in [-0.2, -0.15) is 0 Å². The fraction of sp³-hybridized carbons (Fsp3) is 0.182. The second-order valence-corrected chi connectivity index (χ2v) is 7.59. The molecule has 1 heterocycles. The predicted molar refractivity (Wildman–Crippen MR) is 115 cm³/mol. The van der Waals surface area contributed by atoms with Gasteiger partial charge in [0.2, 0.25) is 0 Å². The van der Waals surface area contributed by atoms with Crippen molar-refractivity contribution in [2.24, 2.45) is 0 Å². The number of rotatable bonds is 5. The van der Waals surface area contributed by atoms with E-state index in [1.165, 1.54) is 6.07 Å². The monoisotopic (exact) mass is 412 g/mol. The molecule has 0 atom stereocenters. The van der Waals surface area contributed by atoms with Crippen LogP contribution in [0.25, 0.3) is 10.8 Å². The average Bonchev–Trinajstić information content (AvgIpc) is 2.95. The molecule has 4 rings (SSSR count). The number of hydrogen-bond donors (Lipinski definition) is 1. The summed E-state index contributed by atoms with van der Waals surface area (Å²) in [6.45, 7) is 2.79. The van der Waals surface area contributed by atoms with E-state index in [1.807, 2.05) is 35.2 Å². The molecular formula is C22H18Cl2N2O2. The minimum Gasteiger partial charge on any atom is -0.321 e. The van der Waals surface area contributed by atoms with Gasteiger partial charge in [-0.15, -0.1) is 0 Å². The second-order valence-electron chi connectivity index (χ2n) is 6.75. The van der Waals surface area contributed by atoms with Crippen molar-refractivity contribution < 1.29 is 9.59 Å². The van der Waals surface area contributed by atoms with Gasteiger partial charge in [0, 0.05) is 33.6 Å². The van der Waals surface area contributed by atoms with Crippen LogP contribution in [0.4, 0.5) is 11.4 Å². The van der Waals surface area contributed by atoms with Gasteiger partial charge in [0.15, 0.2) is 0 Å². The number of nitrogens with one attached hydrogen (secondary N) is 1. The molecule has 4 nitrogen and oxygen atoms in total. The molecule has 6 heteroatoms. The number of benzene rings is 3. The van der Waals surface area contributed by atoms with Crippen LogP contribution in [0, 0.1) is 0 Å². The van der Waals surface area contributed by atoms with Gasteiger partial charge in [-0.1, -0.05) is 48.7 Å². The Bertz CT molecular complexity index is 1110. The molecule has 1 N–H and O–H groups in total. The van der Waals surface area contributed by atoms with E-state index in [0.29, 0.717) is 28.4 Å². The maximum absolute atomic E-state index is 12.8. The summed E-state index contributed by atoms with van der Waals surface area (Å²) in [7, 11) is 0. The molecule has 142 valence electrons. The van der Waals surface area contributed by atoms with Crippen LogP contribution >= 0.6 is 23.2 Å². The van der Waals surface area contributed by atoms with Crippen molar-refractivity contribution in [1.29, 1.82) is 0 Å². The third kappa shape index (κ3) is 3.13. The van der Waals surface area contributed by atoms with Crippen LogP contribution in [0.5, 0.6) is 0 Å². The molecule has 0 fully saturated rings. The highest BCUT2D eigenvalue weighted by atomic mass is 35.5. The third-order valence-electron chi connectivity index (χ3n) is 4.94. The summed E-state index contributed by atoms with van der Waals surface area (Å²) < 4.78 is 0. The summed E-state index contributed by atoms with van der Waals surface area (Å²) in [4.78, 5) is 27.4. The Hall–Kier alpha value is -2.56. The first-order chi connectivity index (χ1) is 13.5. The molecule has 3 aromatic rings. The molecule has 3 aromatic carbocycles. The summed E-state index contributed by atoms with van der Waals surface area (Å²) in [5.41, 5.74) is 2.55. The molecule has 0 aromatic heterocycles. The largest absolute Gasteiger partial charge is 0.321 e. The minimum atomic E-state index is -0.325. The number of unbranched alkanes of at least 4 members (excludes halogenated alkanes) is 1. The highest BCUT2D eigenvalue weighted by molar-refractivity contribution is 6.37. The summed E-state index contributed by atoms with van der Waals surface area (Å²) in [6.07, 6.45) is 1.95. The molecule has 1 aliphatic rings. The van der Waals surface area contributed by atoms with Crippen molar-refractivity contribution in [3.63, 3.8) is 0 Å². The summed E-state index contributed by atoms with van der Waals surface area (Å²) in [6, 6.07) is 14.1. The maximum atomic E-state index is 12.8. The van der Waals surface area contributed by atoms with Gasteiger partial charge < -0.3 is 10.2 Å². The Morgan fingerprint density at radius 3 is 2.68 bits per heavy atom. The Balaban J connectivity index is 1.74. The lowest BCUT2D eigenvalue weighted by Gasteiger charge is -2.18. The number of carbonyl (C=O) groups is 2. The summed E-state index contributed by atoms with van der Waals surface area (Å²) in [5.74, 6) is -0.312. The molecule has 0 bridgehead atoms. The lowest BCUT2D eigenvalue weighted by molar-refractivity contribution is 0.0991. The Morgan fingerprint density at radius 2 is 1.93 bits per heavy atom. The molecule has 0 radical (unpaired) electrons. The molecule has 0 saturated carbocycles. The third-order valence-corrected chi connectivity index (χ3v) is 5.49. The molecule has 0 aliphatic carbocycles. The fourth-order valence-electron chi connectivity index (χ4n) is 3.56. The van der Waals surface area contributed by atoms with E-state index in [4.69, 9.17) is 23.2 Å². The number of nitrogens with zero attached hydrogens (tertiary/aromatic N) is 1. The van der Waals surface area contributed by atoms with E-state index in [0.717, 1.165) is 29.3 Å². The van der Waals surface area contributed by atoms with Crippen LogP contribution in [0.2, 0.25) is 10.0 Å². The van der Waals surface area contributed by atoms with Crippen molar-refractivity contribution in [2.45, 2.75) is 19.8 Å². The first-order valence-electron chi connectivity index (χ1n) is 9.15. The van der Waals surface area contributed by atoms with Crippen molar-refractivity contribution in [3.8, 4) is 0 Å². The van der Waals surface area contributed by atoms with Gasteiger partial charge in [0.05, 0.1) is 16.3 Å². The highest BCUT2D eigenvalue weighted by Gasteiger charge is 2.30. The molecule has 28 heavy (non-hydrogen) atoms. The van der Waals surface area contributed by atoms with E-state index in [2.05, 4.69) is 12.2 Å². The van der Waals surface area contributed by atoms with Gasteiger partial charge in [-0.3, -0.25) is 9.59 Å². The minimum absolute atomic E-state index is 0.0123. The smallest absolute Gasteiger partial charge is 0.258 e. The Labute approximate surface area is 173 Å². The first-order valence-corrected chi connectivity index (χ1v) is 9.91. The zero-order valence-corrected chi connectivity index (χ0v) is 16.8. The van der Waals surface area contributed by atoms with Crippen molar-refractivity contribution in [3.05, 3.63) is 69.7 Å². The van der Waals surface area contributed by atoms with Crippen molar-refractivity contribution in [1.82, 2.24) is 0 Å². The Morgan fingerprint density at radius 1 is 1.11 bits per heavy atom. The van der Waals surface area contributed by atoms with Crippen LogP contribution in [0.1, 0.15) is 40.5 Å². The lowest BCUT2D eigenvalue weighted by Crippen LogP contribution is -2.27. The Kier molecular flexibility index (Phi) is 5.00. The lowest BCUT2D eigenvalue weighted by atomic mass is 10.0. The van der Waals surface area contributed by atoms with Crippen LogP contribution < -0.4 is 10.2 Å². The second kappa shape index (κ2) is 7.46. The summed E-state index contributed by atoms with van der Waals surface area (Å²) in [5, 5.41) is 5.39. The van der Waals surface area contributed by atoms with E-state index in [9.17, 15) is 9.59 Å². The maximum Gasteiger partial charge on any atom is 0.258 e. The summed E-state index contributed by atoms with van der Waals surface area (Å²) >= 11 is 12.1. The number of anilines is 2. The van der Waals surface area contributed by atoms with E-state index >= 15 is 0 Å². The average molecular weight is 413 g/mol. The number of halogens is 2. The number of hydrogen-bond acceptors (Lipinski definition) is 2. The highest BCUT2D eigenvalue weighted by Crippen LogP contribution is 2.41. The molecule has 1 aliphatic heterocycles. The van der Waals surface area contributed by atoms with Crippen LogP contribution in [0.3, 0.4) is 0 Å². The quantitative estimate of drug-likeness (QED) is 0.545. The van der Waals surface area contributed by atoms with E-state index in [1.54, 1.807) is 12.1 Å². The first kappa shape index (κ1) is 18.8. The van der Waals surface area contributed by atoms with Gasteiger partial charge in [-0.05, 0) is 42.8 Å². The fourth-order valence-corrected chi connectivity index (χ4v) is 4.05. The van der Waals surface area contributed by atoms with E-state index in [-0.39, 0.29) is 16.8 Å². The molecule has 0 unspecified atom stereocenters. The van der Waals surface area contributed by atoms with Crippen LogP contribution in [0.15, 0.2) is 48.5 Å². The molecule has 0 spiro atoms. The zero-order valence-electron chi connectivity index (χ0n) is 15.3. The van der Waals surface area contributed by atoms with Gasteiger partial charge in [0.1, 0.15) is 0 Å². The number of carbonyl (C=O) groups excluding carboxylic acids is 2. The number of amides is 2. The van der Waals surface area contributed by atoms with Crippen molar-refractivity contribution >= 4 is 57.2 Å². The molecule has 2 amide bonds. The molecular weight excluding hydrogens is 395 g/mol. The van der Waals surface area contributed by atoms with Gasteiger partial charge in [-0.25, -0.2) is 0 Å².